The van der Waals surface area contributed by atoms with Gasteiger partial charge in [0.05, 0.1) is 6.54 Å². The average molecular weight is 444 g/mol. The first-order valence-corrected chi connectivity index (χ1v) is 10.9. The van der Waals surface area contributed by atoms with Gasteiger partial charge in [-0.15, -0.1) is 0 Å². The number of carbonyl (C=O) groups excluding carboxylic acids is 2. The molecule has 3 aromatic rings. The lowest BCUT2D eigenvalue weighted by atomic mass is 9.89. The van der Waals surface area contributed by atoms with Crippen LogP contribution >= 0.6 is 0 Å². The average Bonchev–Trinajstić information content (AvgIpc) is 3.33. The van der Waals surface area contributed by atoms with E-state index >= 15 is 0 Å². The van der Waals surface area contributed by atoms with E-state index in [1.165, 1.54) is 11.1 Å². The molecule has 1 atom stereocenters. The van der Waals surface area contributed by atoms with Gasteiger partial charge in [0.2, 0.25) is 11.9 Å². The Balaban J connectivity index is 1.39. The second-order valence-electron chi connectivity index (χ2n) is 8.66. The minimum absolute atomic E-state index is 0.00419. The number of nitrogen functional groups attached to an aromatic ring is 1. The largest absolute Gasteiger partial charge is 0.368 e. The van der Waals surface area contributed by atoms with Crippen molar-refractivity contribution in [3.8, 4) is 0 Å². The van der Waals surface area contributed by atoms with Gasteiger partial charge >= 0.3 is 6.03 Å². The topological polar surface area (TPSA) is 126 Å². The zero-order chi connectivity index (χ0) is 23.2. The van der Waals surface area contributed by atoms with Crippen LogP contribution in [-0.2, 0) is 29.7 Å². The number of rotatable bonds is 5. The minimum Gasteiger partial charge on any atom is -0.368 e. The number of imide groups is 1. The van der Waals surface area contributed by atoms with Crippen molar-refractivity contribution in [2.24, 2.45) is 0 Å². The maximum Gasteiger partial charge on any atom is 0.325 e. The lowest BCUT2D eigenvalue weighted by Gasteiger charge is -2.23. The van der Waals surface area contributed by atoms with Crippen LogP contribution in [0.3, 0.4) is 0 Å². The van der Waals surface area contributed by atoms with E-state index in [1.54, 1.807) is 6.92 Å². The highest BCUT2D eigenvalue weighted by atomic mass is 16.2. The number of urea groups is 1. The van der Waals surface area contributed by atoms with E-state index < -0.39 is 11.6 Å². The quantitative estimate of drug-likeness (QED) is 0.518. The molecule has 2 aromatic carbocycles. The van der Waals surface area contributed by atoms with E-state index in [4.69, 9.17) is 5.73 Å². The summed E-state index contributed by atoms with van der Waals surface area (Å²) in [5.41, 5.74) is 9.91. The van der Waals surface area contributed by atoms with Crippen molar-refractivity contribution < 1.29 is 9.59 Å². The maximum atomic E-state index is 13.4. The van der Waals surface area contributed by atoms with Crippen molar-refractivity contribution in [3.05, 3.63) is 70.5 Å². The molecule has 0 bridgehead atoms. The first-order valence-electron chi connectivity index (χ1n) is 10.9. The Morgan fingerprint density at radius 2 is 1.88 bits per heavy atom. The predicted molar refractivity (Wildman–Crippen MR) is 124 cm³/mol. The van der Waals surface area contributed by atoms with Crippen LogP contribution in [0.5, 0.6) is 0 Å². The van der Waals surface area contributed by atoms with Crippen LogP contribution in [0.1, 0.15) is 41.4 Å². The van der Waals surface area contributed by atoms with Gasteiger partial charge in [-0.25, -0.2) is 4.79 Å². The van der Waals surface area contributed by atoms with Gasteiger partial charge in [-0.1, -0.05) is 36.4 Å². The summed E-state index contributed by atoms with van der Waals surface area (Å²) in [6.45, 7) is 3.58. The van der Waals surface area contributed by atoms with E-state index in [-0.39, 0.29) is 30.2 Å². The molecule has 168 valence electrons. The Labute approximate surface area is 191 Å². The molecule has 0 radical (unpaired) electrons. The summed E-state index contributed by atoms with van der Waals surface area (Å²) in [5, 5.41) is 5.97. The third-order valence-corrected chi connectivity index (χ3v) is 6.34. The van der Waals surface area contributed by atoms with Crippen molar-refractivity contribution >= 4 is 29.5 Å². The van der Waals surface area contributed by atoms with Gasteiger partial charge in [0.1, 0.15) is 5.54 Å². The highest BCUT2D eigenvalue weighted by Crippen LogP contribution is 2.33. The lowest BCUT2D eigenvalue weighted by Crippen LogP contribution is -2.41. The molecule has 1 aliphatic heterocycles. The Bertz CT molecular complexity index is 1280. The molecule has 0 spiro atoms. The predicted octanol–water partition coefficient (Wildman–Crippen LogP) is 2.96. The number of para-hydroxylation sites is 1. The molecule has 4 N–H and O–H groups in total. The van der Waals surface area contributed by atoms with Gasteiger partial charge in [0.25, 0.3) is 5.91 Å². The second-order valence-corrected chi connectivity index (χ2v) is 8.66. The summed E-state index contributed by atoms with van der Waals surface area (Å²) < 4.78 is 0. The summed E-state index contributed by atoms with van der Waals surface area (Å²) in [4.78, 5) is 39.9. The van der Waals surface area contributed by atoms with Gasteiger partial charge in [0, 0.05) is 5.69 Å². The fourth-order valence-corrected chi connectivity index (χ4v) is 4.46. The third kappa shape index (κ3) is 3.75. The maximum absolute atomic E-state index is 13.4. The highest BCUT2D eigenvalue weighted by molar-refractivity contribution is 6.07. The Morgan fingerprint density at radius 1 is 1.09 bits per heavy atom. The standard InChI is InChI=1S/C24H25N7O2/c1-14-6-3-4-9-18(14)26-22-28-19(27-21(25)29-22)13-31-20(32)24(2,30-23(31)33)17-11-10-15-7-5-8-16(15)12-17/h3-4,6,9-12H,5,7-8,13H2,1-2H3,(H,30,33)(H3,25,26,27,28,29). The monoisotopic (exact) mass is 443 g/mol. The summed E-state index contributed by atoms with van der Waals surface area (Å²) in [6.07, 6.45) is 3.16. The highest BCUT2D eigenvalue weighted by Gasteiger charge is 2.49. The second kappa shape index (κ2) is 7.84. The van der Waals surface area contributed by atoms with Crippen molar-refractivity contribution in [1.29, 1.82) is 0 Å². The van der Waals surface area contributed by atoms with E-state index in [0.717, 1.165) is 41.0 Å². The Hall–Kier alpha value is -4.01. The SMILES string of the molecule is Cc1ccccc1Nc1nc(N)nc(CN2C(=O)NC(C)(c3ccc4c(c3)CCC4)C2=O)n1. The van der Waals surface area contributed by atoms with Crippen LogP contribution in [0.15, 0.2) is 42.5 Å². The third-order valence-electron chi connectivity index (χ3n) is 6.34. The minimum atomic E-state index is -1.14. The molecule has 9 heteroatoms. The summed E-state index contributed by atoms with van der Waals surface area (Å²) in [5.74, 6) is 0.128. The molecule has 33 heavy (non-hydrogen) atoms. The number of aromatic nitrogens is 3. The smallest absolute Gasteiger partial charge is 0.325 e. The van der Waals surface area contributed by atoms with Crippen LogP contribution in [0.4, 0.5) is 22.4 Å². The van der Waals surface area contributed by atoms with Crippen LogP contribution in [0.25, 0.3) is 0 Å². The van der Waals surface area contributed by atoms with E-state index in [0.29, 0.717) is 0 Å². The normalized spacial score (nSPS) is 19.5. The van der Waals surface area contributed by atoms with Gasteiger partial charge < -0.3 is 16.4 Å². The molecule has 1 fully saturated rings. The number of carbonyl (C=O) groups is 2. The molecule has 3 amide bonds. The number of nitrogens with two attached hydrogens (primary N) is 1. The zero-order valence-corrected chi connectivity index (χ0v) is 18.6. The number of amides is 3. The zero-order valence-electron chi connectivity index (χ0n) is 18.6. The number of hydrogen-bond acceptors (Lipinski definition) is 7. The number of aryl methyl sites for hydroxylation is 3. The van der Waals surface area contributed by atoms with Crippen molar-refractivity contribution in [1.82, 2.24) is 25.2 Å². The molecule has 9 nitrogen and oxygen atoms in total. The number of nitrogens with zero attached hydrogens (tertiary/aromatic N) is 4. The number of benzene rings is 2. The van der Waals surface area contributed by atoms with Crippen LogP contribution < -0.4 is 16.4 Å². The molecule has 1 aromatic heterocycles. The first-order chi connectivity index (χ1) is 15.8. The van der Waals surface area contributed by atoms with E-state index in [1.807, 2.05) is 43.3 Å². The van der Waals surface area contributed by atoms with Gasteiger partial charge in [-0.05, 0) is 61.4 Å². The van der Waals surface area contributed by atoms with Gasteiger partial charge in [-0.3, -0.25) is 9.69 Å². The van der Waals surface area contributed by atoms with Crippen LogP contribution in [0, 0.1) is 6.92 Å². The number of hydrogen-bond donors (Lipinski definition) is 3. The molecule has 2 heterocycles. The van der Waals surface area contributed by atoms with E-state index in [2.05, 4.69) is 31.7 Å². The summed E-state index contributed by atoms with van der Waals surface area (Å²) in [6, 6.07) is 13.2. The van der Waals surface area contributed by atoms with Crippen molar-refractivity contribution in [3.63, 3.8) is 0 Å². The molecular weight excluding hydrogens is 418 g/mol. The van der Waals surface area contributed by atoms with Crippen LogP contribution in [-0.4, -0.2) is 31.8 Å². The molecule has 1 saturated heterocycles. The fourth-order valence-electron chi connectivity index (χ4n) is 4.46. The molecule has 5 rings (SSSR count). The molecule has 1 aliphatic carbocycles. The number of anilines is 3. The molecule has 1 unspecified atom stereocenters. The van der Waals surface area contributed by atoms with Gasteiger partial charge in [-0.2, -0.15) is 15.0 Å². The first kappa shape index (κ1) is 20.9. The molecule has 2 aliphatic rings. The van der Waals surface area contributed by atoms with Crippen molar-refractivity contribution in [2.45, 2.75) is 45.2 Å². The Kier molecular flexibility index (Phi) is 4.96. The van der Waals surface area contributed by atoms with Gasteiger partial charge in [0.15, 0.2) is 5.82 Å². The molecular formula is C24H25N7O2. The fraction of sp³-hybridized carbons (Fsp3) is 0.292. The van der Waals surface area contributed by atoms with Crippen molar-refractivity contribution in [2.75, 3.05) is 11.1 Å². The summed E-state index contributed by atoms with van der Waals surface area (Å²) in [7, 11) is 0. The lowest BCUT2D eigenvalue weighted by molar-refractivity contribution is -0.131. The summed E-state index contributed by atoms with van der Waals surface area (Å²) >= 11 is 0. The number of nitrogens with one attached hydrogen (secondary N) is 2. The molecule has 0 saturated carbocycles. The number of fused-ring (bicyclic) bond motifs is 1. The Morgan fingerprint density at radius 3 is 2.70 bits per heavy atom. The van der Waals surface area contributed by atoms with E-state index in [9.17, 15) is 9.59 Å². The van der Waals surface area contributed by atoms with Crippen LogP contribution in [0.2, 0.25) is 0 Å².